The minimum Gasteiger partial charge on any atom is -0.494 e. The molecule has 3 nitrogen and oxygen atoms in total. The number of hydrogen-bond donors (Lipinski definition) is 1. The van der Waals surface area contributed by atoms with Gasteiger partial charge in [0.1, 0.15) is 0 Å². The van der Waals surface area contributed by atoms with E-state index in [1.54, 1.807) is 10.6 Å². The van der Waals surface area contributed by atoms with E-state index < -0.39 is 0 Å². The Hall–Kier alpha value is -1.25. The van der Waals surface area contributed by atoms with Gasteiger partial charge in [-0.25, -0.2) is 0 Å². The highest BCUT2D eigenvalue weighted by Gasteiger charge is 2.14. The van der Waals surface area contributed by atoms with Gasteiger partial charge < -0.3 is 5.11 Å². The quantitative estimate of drug-likeness (QED) is 0.817. The van der Waals surface area contributed by atoms with Gasteiger partial charge in [-0.15, -0.1) is 0 Å². The monoisotopic (exact) mass is 265 g/mol. The number of aromatic nitrogens is 1. The number of rotatable bonds is 7. The van der Waals surface area contributed by atoms with Crippen LogP contribution < -0.4 is 5.56 Å². The van der Waals surface area contributed by atoms with Crippen molar-refractivity contribution in [1.82, 2.24) is 4.57 Å². The van der Waals surface area contributed by atoms with Gasteiger partial charge in [-0.3, -0.25) is 9.36 Å². The average Bonchev–Trinajstić information content (AvgIpc) is 2.38. The molecule has 0 saturated heterocycles. The van der Waals surface area contributed by atoms with Crippen LogP contribution in [0, 0.1) is 12.8 Å². The van der Waals surface area contributed by atoms with Crippen LogP contribution >= 0.6 is 0 Å². The lowest BCUT2D eigenvalue weighted by Crippen LogP contribution is -2.27. The fraction of sp³-hybridized carbons (Fsp3) is 0.688. The van der Waals surface area contributed by atoms with E-state index in [9.17, 15) is 9.90 Å². The van der Waals surface area contributed by atoms with E-state index in [0.29, 0.717) is 12.5 Å². The Morgan fingerprint density at radius 3 is 2.53 bits per heavy atom. The first kappa shape index (κ1) is 15.8. The molecule has 1 aromatic rings. The molecule has 1 unspecified atom stereocenters. The summed E-state index contributed by atoms with van der Waals surface area (Å²) in [5, 5.41) is 10.0. The Morgan fingerprint density at radius 1 is 1.32 bits per heavy atom. The van der Waals surface area contributed by atoms with Gasteiger partial charge in [-0.1, -0.05) is 40.0 Å². The molecule has 0 bridgehead atoms. The highest BCUT2D eigenvalue weighted by Crippen LogP contribution is 2.19. The Morgan fingerprint density at radius 2 is 2.00 bits per heavy atom. The number of pyridine rings is 1. The molecule has 1 atom stereocenters. The van der Waals surface area contributed by atoms with Gasteiger partial charge >= 0.3 is 0 Å². The zero-order valence-electron chi connectivity index (χ0n) is 12.7. The van der Waals surface area contributed by atoms with Crippen LogP contribution in [0.15, 0.2) is 10.9 Å². The maximum absolute atomic E-state index is 12.4. The van der Waals surface area contributed by atoms with Crippen LogP contribution in [0.25, 0.3) is 0 Å². The van der Waals surface area contributed by atoms with Crippen LogP contribution in [-0.2, 0) is 13.0 Å². The highest BCUT2D eigenvalue weighted by atomic mass is 16.3. The third-order valence-corrected chi connectivity index (χ3v) is 3.94. The molecule has 1 heterocycles. The zero-order chi connectivity index (χ0) is 14.4. The molecule has 0 aromatic carbocycles. The predicted molar refractivity (Wildman–Crippen MR) is 79.8 cm³/mol. The summed E-state index contributed by atoms with van der Waals surface area (Å²) in [6.07, 6.45) is 5.23. The second-order valence-corrected chi connectivity index (χ2v) is 5.35. The molecule has 0 amide bonds. The number of aryl methyl sites for hydroxylation is 1. The van der Waals surface area contributed by atoms with Crippen LogP contribution in [0.2, 0.25) is 0 Å². The van der Waals surface area contributed by atoms with E-state index in [0.717, 1.165) is 30.4 Å². The molecule has 0 aliphatic rings. The topological polar surface area (TPSA) is 42.2 Å². The Kier molecular flexibility index (Phi) is 6.13. The zero-order valence-corrected chi connectivity index (χ0v) is 12.7. The molecule has 0 aliphatic carbocycles. The second-order valence-electron chi connectivity index (χ2n) is 5.35. The minimum absolute atomic E-state index is 0.0186. The van der Waals surface area contributed by atoms with Crippen LogP contribution in [0.1, 0.15) is 57.6 Å². The fourth-order valence-electron chi connectivity index (χ4n) is 2.58. The summed E-state index contributed by atoms with van der Waals surface area (Å²) in [5.74, 6) is 0.575. The van der Waals surface area contributed by atoms with E-state index in [1.807, 2.05) is 13.8 Å². The Labute approximate surface area is 116 Å². The van der Waals surface area contributed by atoms with Crippen LogP contribution in [0.5, 0.6) is 5.88 Å². The number of aromatic hydroxyl groups is 1. The Bertz CT molecular complexity index is 463. The average molecular weight is 265 g/mol. The number of nitrogens with zero attached hydrogens (tertiary/aromatic N) is 1. The van der Waals surface area contributed by atoms with Crippen molar-refractivity contribution in [2.24, 2.45) is 5.92 Å². The fourth-order valence-corrected chi connectivity index (χ4v) is 2.58. The van der Waals surface area contributed by atoms with Gasteiger partial charge in [0.25, 0.3) is 5.56 Å². The van der Waals surface area contributed by atoms with Crippen molar-refractivity contribution in [2.75, 3.05) is 0 Å². The van der Waals surface area contributed by atoms with E-state index in [2.05, 4.69) is 13.8 Å². The van der Waals surface area contributed by atoms with Crippen molar-refractivity contribution < 1.29 is 5.11 Å². The molecule has 19 heavy (non-hydrogen) atoms. The lowest BCUT2D eigenvalue weighted by molar-refractivity contribution is 0.338. The van der Waals surface area contributed by atoms with Gasteiger partial charge in [0.15, 0.2) is 5.88 Å². The number of hydrogen-bond acceptors (Lipinski definition) is 2. The summed E-state index contributed by atoms with van der Waals surface area (Å²) in [7, 11) is 0. The summed E-state index contributed by atoms with van der Waals surface area (Å²) in [6, 6.07) is 1.72. The molecule has 1 rings (SSSR count). The molecule has 0 spiro atoms. The van der Waals surface area contributed by atoms with Crippen molar-refractivity contribution in [3.8, 4) is 5.88 Å². The third kappa shape index (κ3) is 3.85. The first-order valence-corrected chi connectivity index (χ1v) is 7.47. The summed E-state index contributed by atoms with van der Waals surface area (Å²) < 4.78 is 1.55. The van der Waals surface area contributed by atoms with Crippen LogP contribution in [0.4, 0.5) is 0 Å². The maximum atomic E-state index is 12.4. The summed E-state index contributed by atoms with van der Waals surface area (Å²) in [4.78, 5) is 12.4. The van der Waals surface area contributed by atoms with Crippen LogP contribution in [0.3, 0.4) is 0 Å². The molecule has 1 aromatic heterocycles. The van der Waals surface area contributed by atoms with Gasteiger partial charge in [0.2, 0.25) is 0 Å². The standard InChI is InChI=1S/C16H27NO2/c1-5-8-9-13(6-2)11-17-15(18)10-12(4)14(7-3)16(17)19/h10,13,18H,5-9,11H2,1-4H3. The molecule has 108 valence electrons. The van der Waals surface area contributed by atoms with Crippen molar-refractivity contribution in [2.45, 2.75) is 66.3 Å². The van der Waals surface area contributed by atoms with Crippen molar-refractivity contribution >= 4 is 0 Å². The highest BCUT2D eigenvalue weighted by molar-refractivity contribution is 5.29. The molecular weight excluding hydrogens is 238 g/mol. The molecule has 0 radical (unpaired) electrons. The van der Waals surface area contributed by atoms with Crippen molar-refractivity contribution in [3.05, 3.63) is 27.5 Å². The first-order chi connectivity index (χ1) is 9.04. The largest absolute Gasteiger partial charge is 0.494 e. The van der Waals surface area contributed by atoms with Gasteiger partial charge in [0, 0.05) is 18.2 Å². The smallest absolute Gasteiger partial charge is 0.256 e. The van der Waals surface area contributed by atoms with Crippen molar-refractivity contribution in [3.63, 3.8) is 0 Å². The molecule has 1 N–H and O–H groups in total. The maximum Gasteiger partial charge on any atom is 0.256 e. The molecule has 0 saturated carbocycles. The van der Waals surface area contributed by atoms with E-state index in [-0.39, 0.29) is 11.4 Å². The van der Waals surface area contributed by atoms with E-state index in [4.69, 9.17) is 0 Å². The summed E-state index contributed by atoms with van der Waals surface area (Å²) in [6.45, 7) is 8.83. The third-order valence-electron chi connectivity index (χ3n) is 3.94. The van der Waals surface area contributed by atoms with Crippen LogP contribution in [-0.4, -0.2) is 9.67 Å². The predicted octanol–water partition coefficient (Wildman–Crippen LogP) is 3.64. The SMILES string of the molecule is CCCCC(CC)Cn1c(O)cc(C)c(CC)c1=O. The van der Waals surface area contributed by atoms with Gasteiger partial charge in [0.05, 0.1) is 0 Å². The van der Waals surface area contributed by atoms with Gasteiger partial charge in [-0.05, 0) is 31.2 Å². The lowest BCUT2D eigenvalue weighted by atomic mass is 9.99. The molecule has 0 aliphatic heterocycles. The molecular formula is C16H27NO2. The summed E-state index contributed by atoms with van der Waals surface area (Å²) in [5.41, 5.74) is 1.70. The molecule has 3 heteroatoms. The second kappa shape index (κ2) is 7.37. The minimum atomic E-state index is -0.0186. The van der Waals surface area contributed by atoms with E-state index >= 15 is 0 Å². The molecule has 0 fully saturated rings. The number of unbranched alkanes of at least 4 members (excludes halogenated alkanes) is 1. The lowest BCUT2D eigenvalue weighted by Gasteiger charge is -2.18. The van der Waals surface area contributed by atoms with E-state index in [1.165, 1.54) is 12.8 Å². The Balaban J connectivity index is 3.03. The first-order valence-electron chi connectivity index (χ1n) is 7.47. The van der Waals surface area contributed by atoms with Crippen molar-refractivity contribution in [1.29, 1.82) is 0 Å². The summed E-state index contributed by atoms with van der Waals surface area (Å²) >= 11 is 0. The van der Waals surface area contributed by atoms with Gasteiger partial charge in [-0.2, -0.15) is 0 Å². The normalized spacial score (nSPS) is 12.6.